The van der Waals surface area contributed by atoms with Crippen molar-refractivity contribution in [2.45, 2.75) is 6.10 Å². The molecule has 2 nitrogen and oxygen atoms in total. The number of halogens is 3. The Morgan fingerprint density at radius 1 is 0.864 bits per heavy atom. The molecule has 0 radical (unpaired) electrons. The lowest BCUT2D eigenvalue weighted by Gasteiger charge is -2.19. The quantitative estimate of drug-likeness (QED) is 0.735. The van der Waals surface area contributed by atoms with Crippen molar-refractivity contribution in [3.63, 3.8) is 0 Å². The van der Waals surface area contributed by atoms with Crippen molar-refractivity contribution in [1.29, 1.82) is 0 Å². The van der Waals surface area contributed by atoms with Crippen LogP contribution in [0.25, 0.3) is 0 Å². The smallest absolute Gasteiger partial charge is 0.123 e. The van der Waals surface area contributed by atoms with E-state index >= 15 is 0 Å². The van der Waals surface area contributed by atoms with Crippen LogP contribution < -0.4 is 17.3 Å². The zero-order chi connectivity index (χ0) is 15.2. The van der Waals surface area contributed by atoms with Crippen LogP contribution >= 0.6 is 0 Å². The van der Waals surface area contributed by atoms with Crippen molar-refractivity contribution < 1.29 is 30.8 Å². The molecule has 2 aromatic rings. The highest BCUT2D eigenvalue weighted by molar-refractivity contribution is 5.30. The Morgan fingerprint density at radius 2 is 1.27 bits per heavy atom. The van der Waals surface area contributed by atoms with Crippen LogP contribution in [0.4, 0.5) is 8.78 Å². The minimum Gasteiger partial charge on any atom is -1.00 e. The molecule has 1 N–H and O–H groups in total. The topological polar surface area (TPSA) is 13.7 Å². The van der Waals surface area contributed by atoms with Crippen LogP contribution in [-0.4, -0.2) is 27.2 Å². The number of nitrogens with one attached hydrogen (secondary N) is 1. The number of likely N-dealkylation sites (N-methyl/N-ethyl adjacent to an activating group) is 1. The lowest BCUT2D eigenvalue weighted by molar-refractivity contribution is -0.858. The van der Waals surface area contributed by atoms with Crippen LogP contribution in [0.15, 0.2) is 48.5 Å². The molecule has 0 saturated heterocycles. The predicted molar refractivity (Wildman–Crippen MR) is 78.3 cm³/mol. The van der Waals surface area contributed by atoms with Crippen molar-refractivity contribution in [3.05, 3.63) is 71.3 Å². The summed E-state index contributed by atoms with van der Waals surface area (Å²) in [6, 6.07) is 12.4. The van der Waals surface area contributed by atoms with E-state index in [1.54, 1.807) is 24.3 Å². The third-order valence-electron chi connectivity index (χ3n) is 3.23. The Bertz CT molecular complexity index is 512. The van der Waals surface area contributed by atoms with Crippen LogP contribution in [-0.2, 0) is 4.74 Å². The van der Waals surface area contributed by atoms with E-state index < -0.39 is 0 Å². The van der Waals surface area contributed by atoms with Gasteiger partial charge in [-0.1, -0.05) is 24.3 Å². The molecule has 0 fully saturated rings. The minimum absolute atomic E-state index is 0. The number of ether oxygens (including phenoxy) is 1. The summed E-state index contributed by atoms with van der Waals surface area (Å²) in [4.78, 5) is 1.28. The zero-order valence-electron chi connectivity index (χ0n) is 12.7. The molecule has 0 bridgehead atoms. The van der Waals surface area contributed by atoms with Crippen molar-refractivity contribution in [1.82, 2.24) is 0 Å². The first-order valence-corrected chi connectivity index (χ1v) is 6.98. The van der Waals surface area contributed by atoms with E-state index in [-0.39, 0.29) is 30.1 Å². The van der Waals surface area contributed by atoms with Crippen LogP contribution in [0.5, 0.6) is 0 Å². The van der Waals surface area contributed by atoms with Gasteiger partial charge in [-0.2, -0.15) is 0 Å². The molecule has 0 aliphatic rings. The standard InChI is InChI=1S/C17H19F2NO.ClH/c1-20(2)11-12-21-17(13-3-7-15(18)8-4-13)14-5-9-16(19)10-6-14;/h3-10,17H,11-12H2,1-2H3;1H. The number of quaternary nitrogens is 1. The summed E-state index contributed by atoms with van der Waals surface area (Å²) in [5.74, 6) is -0.566. The van der Waals surface area contributed by atoms with Gasteiger partial charge in [-0.15, -0.1) is 0 Å². The number of hydrogen-bond acceptors (Lipinski definition) is 1. The normalized spacial score (nSPS) is 10.8. The van der Waals surface area contributed by atoms with Gasteiger partial charge in [-0.3, -0.25) is 0 Å². The van der Waals surface area contributed by atoms with E-state index in [1.165, 1.54) is 29.2 Å². The molecule has 2 aromatic carbocycles. The molecular weight excluding hydrogens is 308 g/mol. The molecule has 0 heterocycles. The number of hydrogen-bond donors (Lipinski definition) is 1. The fourth-order valence-corrected chi connectivity index (χ4v) is 2.04. The molecule has 0 aromatic heterocycles. The number of rotatable bonds is 6. The summed E-state index contributed by atoms with van der Waals surface area (Å²) in [6.07, 6.45) is -0.314. The average molecular weight is 328 g/mol. The SMILES string of the molecule is C[NH+](C)CCOC(c1ccc(F)cc1)c1ccc(F)cc1.[Cl-]. The van der Waals surface area contributed by atoms with Crippen molar-refractivity contribution in [2.75, 3.05) is 27.2 Å². The van der Waals surface area contributed by atoms with Gasteiger partial charge in [0, 0.05) is 0 Å². The van der Waals surface area contributed by atoms with Gasteiger partial charge < -0.3 is 22.0 Å². The summed E-state index contributed by atoms with van der Waals surface area (Å²) in [7, 11) is 4.10. The van der Waals surface area contributed by atoms with E-state index in [2.05, 4.69) is 0 Å². The molecule has 0 aliphatic carbocycles. The minimum atomic E-state index is -0.314. The molecule has 0 amide bonds. The third-order valence-corrected chi connectivity index (χ3v) is 3.23. The summed E-state index contributed by atoms with van der Waals surface area (Å²) in [5.41, 5.74) is 1.72. The van der Waals surface area contributed by atoms with Gasteiger partial charge in [0.2, 0.25) is 0 Å². The first-order valence-electron chi connectivity index (χ1n) is 6.98. The maximum atomic E-state index is 13.1. The molecule has 0 saturated carbocycles. The molecule has 0 aliphatic heterocycles. The molecule has 0 atom stereocenters. The first kappa shape index (κ1) is 18.6. The fraction of sp³-hybridized carbons (Fsp3) is 0.294. The third kappa shape index (κ3) is 5.37. The van der Waals surface area contributed by atoms with E-state index in [9.17, 15) is 8.78 Å². The molecule has 5 heteroatoms. The van der Waals surface area contributed by atoms with E-state index in [0.29, 0.717) is 6.61 Å². The van der Waals surface area contributed by atoms with Gasteiger partial charge in [0.15, 0.2) is 0 Å². The summed E-state index contributed by atoms with van der Waals surface area (Å²) >= 11 is 0. The van der Waals surface area contributed by atoms with Crippen LogP contribution in [0.2, 0.25) is 0 Å². The van der Waals surface area contributed by atoms with E-state index in [1.807, 2.05) is 14.1 Å². The monoisotopic (exact) mass is 327 g/mol. The van der Waals surface area contributed by atoms with Gasteiger partial charge in [0.1, 0.15) is 24.3 Å². The van der Waals surface area contributed by atoms with Crippen molar-refractivity contribution in [3.8, 4) is 0 Å². The fourth-order valence-electron chi connectivity index (χ4n) is 2.04. The van der Waals surface area contributed by atoms with E-state index in [0.717, 1.165) is 17.7 Å². The predicted octanol–water partition coefficient (Wildman–Crippen LogP) is -0.781. The summed E-state index contributed by atoms with van der Waals surface area (Å²) in [5, 5.41) is 0. The molecule has 0 spiro atoms. The lowest BCUT2D eigenvalue weighted by Crippen LogP contribution is -3.06. The molecule has 120 valence electrons. The van der Waals surface area contributed by atoms with Gasteiger partial charge in [0.05, 0.1) is 20.7 Å². The summed E-state index contributed by atoms with van der Waals surface area (Å²) in [6.45, 7) is 1.43. The Labute approximate surface area is 136 Å². The zero-order valence-corrected chi connectivity index (χ0v) is 13.4. The van der Waals surface area contributed by atoms with Gasteiger partial charge in [-0.05, 0) is 35.4 Å². The summed E-state index contributed by atoms with van der Waals surface area (Å²) < 4.78 is 32.1. The maximum absolute atomic E-state index is 13.1. The Kier molecular flexibility index (Phi) is 7.45. The lowest BCUT2D eigenvalue weighted by atomic mass is 10.0. The second-order valence-corrected chi connectivity index (χ2v) is 5.31. The highest BCUT2D eigenvalue weighted by atomic mass is 35.5. The Balaban J connectivity index is 0.00000242. The Morgan fingerprint density at radius 3 is 1.64 bits per heavy atom. The number of benzene rings is 2. The van der Waals surface area contributed by atoms with Crippen molar-refractivity contribution >= 4 is 0 Å². The second-order valence-electron chi connectivity index (χ2n) is 5.31. The van der Waals surface area contributed by atoms with Gasteiger partial charge >= 0.3 is 0 Å². The average Bonchev–Trinajstić information content (AvgIpc) is 2.46. The van der Waals surface area contributed by atoms with Gasteiger partial charge in [0.25, 0.3) is 0 Å². The Hall–Kier alpha value is -1.49. The molecule has 2 rings (SSSR count). The van der Waals surface area contributed by atoms with Crippen LogP contribution in [0, 0.1) is 11.6 Å². The highest BCUT2D eigenvalue weighted by Crippen LogP contribution is 2.26. The largest absolute Gasteiger partial charge is 1.00 e. The van der Waals surface area contributed by atoms with Gasteiger partial charge in [-0.25, -0.2) is 8.78 Å². The maximum Gasteiger partial charge on any atom is 0.123 e. The van der Waals surface area contributed by atoms with Crippen molar-refractivity contribution in [2.24, 2.45) is 0 Å². The molecule has 22 heavy (non-hydrogen) atoms. The van der Waals surface area contributed by atoms with E-state index in [4.69, 9.17) is 4.74 Å². The first-order chi connectivity index (χ1) is 10.1. The second kappa shape index (κ2) is 8.83. The molecule has 0 unspecified atom stereocenters. The highest BCUT2D eigenvalue weighted by Gasteiger charge is 2.15. The molecular formula is C17H20ClF2NO. The van der Waals surface area contributed by atoms with Crippen LogP contribution in [0.1, 0.15) is 17.2 Å². The van der Waals surface area contributed by atoms with Crippen LogP contribution in [0.3, 0.4) is 0 Å².